The van der Waals surface area contributed by atoms with Crippen LogP contribution in [-0.4, -0.2) is 39.0 Å². The fourth-order valence-corrected chi connectivity index (χ4v) is 3.75. The molecule has 1 N–H and O–H groups in total. The summed E-state index contributed by atoms with van der Waals surface area (Å²) in [7, 11) is 1.86. The van der Waals surface area contributed by atoms with E-state index in [4.69, 9.17) is 0 Å². The molecule has 1 amide bonds. The summed E-state index contributed by atoms with van der Waals surface area (Å²) < 4.78 is 53.7. The lowest BCUT2D eigenvalue weighted by molar-refractivity contribution is -0.140. The Hall–Kier alpha value is -3.50. The molecule has 0 saturated heterocycles. The molecule has 33 heavy (non-hydrogen) atoms. The van der Waals surface area contributed by atoms with Gasteiger partial charge in [-0.15, -0.1) is 5.10 Å². The molecular weight excluding hydrogens is 440 g/mol. The van der Waals surface area contributed by atoms with E-state index >= 15 is 0 Å². The van der Waals surface area contributed by atoms with Crippen LogP contribution >= 0.6 is 0 Å². The van der Waals surface area contributed by atoms with Crippen LogP contribution in [0.5, 0.6) is 0 Å². The van der Waals surface area contributed by atoms with Crippen LogP contribution < -0.4 is 10.2 Å². The molecule has 1 aliphatic rings. The molecule has 0 saturated carbocycles. The number of nitrogens with zero attached hydrogens (tertiary/aromatic N) is 5. The Balaban J connectivity index is 1.45. The minimum absolute atomic E-state index is 0.0367. The number of rotatable bonds is 5. The minimum atomic E-state index is -4.76. The summed E-state index contributed by atoms with van der Waals surface area (Å²) in [4.78, 5) is 18.5. The second kappa shape index (κ2) is 8.45. The first-order chi connectivity index (χ1) is 15.5. The maximum atomic E-state index is 13.5. The van der Waals surface area contributed by atoms with E-state index in [2.05, 4.69) is 20.6 Å². The highest BCUT2D eigenvalue weighted by atomic mass is 19.4. The average molecular weight is 462 g/mol. The van der Waals surface area contributed by atoms with E-state index in [1.165, 1.54) is 10.7 Å². The Morgan fingerprint density at radius 3 is 2.61 bits per heavy atom. The van der Waals surface area contributed by atoms with Gasteiger partial charge in [0.15, 0.2) is 0 Å². The van der Waals surface area contributed by atoms with Crippen LogP contribution in [0.15, 0.2) is 30.5 Å². The molecule has 3 heterocycles. The van der Waals surface area contributed by atoms with E-state index < -0.39 is 17.6 Å². The molecule has 174 valence electrons. The van der Waals surface area contributed by atoms with Crippen molar-refractivity contribution in [1.82, 2.24) is 20.0 Å². The first-order valence-electron chi connectivity index (χ1n) is 10.3. The van der Waals surface area contributed by atoms with Crippen LogP contribution in [0.1, 0.15) is 35.1 Å². The zero-order valence-corrected chi connectivity index (χ0v) is 18.2. The van der Waals surface area contributed by atoms with Crippen LogP contribution in [0.2, 0.25) is 0 Å². The predicted molar refractivity (Wildman–Crippen MR) is 113 cm³/mol. The molecule has 7 nitrogen and oxygen atoms in total. The van der Waals surface area contributed by atoms with Gasteiger partial charge in [0, 0.05) is 18.9 Å². The van der Waals surface area contributed by atoms with E-state index in [0.29, 0.717) is 24.2 Å². The van der Waals surface area contributed by atoms with Crippen LogP contribution in [0.3, 0.4) is 0 Å². The summed E-state index contributed by atoms with van der Waals surface area (Å²) in [6, 6.07) is 4.52. The van der Waals surface area contributed by atoms with Crippen molar-refractivity contribution in [2.75, 3.05) is 17.3 Å². The standard InChI is InChI=1S/C22H22F4N6O/c1-12-20-19(31(3)13(2)21(33)28-20)9-15(27-12)5-6-16-11-32(30-29-16)10-14-4-7-18(23)17(8-14)22(24,25)26/h4,7-9,11,13H,5-6,10H2,1-3H3,(H,28,33)/t13-/m0/s1. The number of anilines is 2. The van der Waals surface area contributed by atoms with Crippen molar-refractivity contribution in [2.24, 2.45) is 0 Å². The number of aryl methyl sites for hydroxylation is 3. The van der Waals surface area contributed by atoms with Gasteiger partial charge in [-0.3, -0.25) is 9.78 Å². The number of amides is 1. The number of benzene rings is 1. The Kier molecular flexibility index (Phi) is 5.81. The smallest absolute Gasteiger partial charge is 0.361 e. The van der Waals surface area contributed by atoms with E-state index in [1.807, 2.05) is 31.9 Å². The number of aromatic nitrogens is 4. The fraction of sp³-hybridized carbons (Fsp3) is 0.364. The SMILES string of the molecule is Cc1nc(CCc2cn(Cc3ccc(F)c(C(F)(F)F)c3)nn2)cc2c1NC(=O)[C@H](C)N2C. The normalized spacial score (nSPS) is 16.0. The largest absolute Gasteiger partial charge is 0.419 e. The quantitative estimate of drug-likeness (QED) is 0.585. The van der Waals surface area contributed by atoms with E-state index in [-0.39, 0.29) is 24.1 Å². The van der Waals surface area contributed by atoms with Crippen LogP contribution in [0.4, 0.5) is 28.9 Å². The number of carbonyl (C=O) groups is 1. The third-order valence-electron chi connectivity index (χ3n) is 5.73. The number of likely N-dealkylation sites (N-methyl/N-ethyl adjacent to an activating group) is 1. The molecule has 0 radical (unpaired) electrons. The third-order valence-corrected chi connectivity index (χ3v) is 5.73. The highest BCUT2D eigenvalue weighted by Crippen LogP contribution is 2.34. The molecule has 0 bridgehead atoms. The van der Waals surface area contributed by atoms with Crippen molar-refractivity contribution in [3.8, 4) is 0 Å². The van der Waals surface area contributed by atoms with E-state index in [1.54, 1.807) is 6.20 Å². The van der Waals surface area contributed by atoms with E-state index in [0.717, 1.165) is 29.2 Å². The van der Waals surface area contributed by atoms with Gasteiger partial charge in [0.1, 0.15) is 11.9 Å². The van der Waals surface area contributed by atoms with Gasteiger partial charge >= 0.3 is 6.18 Å². The van der Waals surface area contributed by atoms with Crippen molar-refractivity contribution >= 4 is 17.3 Å². The summed E-state index contributed by atoms with van der Waals surface area (Å²) in [5.74, 6) is -1.39. The van der Waals surface area contributed by atoms with Gasteiger partial charge in [0.2, 0.25) is 5.91 Å². The average Bonchev–Trinajstić information content (AvgIpc) is 3.19. The molecule has 0 unspecified atom stereocenters. The number of hydrogen-bond donors (Lipinski definition) is 1. The molecule has 4 rings (SSSR count). The number of alkyl halides is 3. The highest BCUT2D eigenvalue weighted by molar-refractivity contribution is 6.03. The maximum absolute atomic E-state index is 13.5. The first-order valence-corrected chi connectivity index (χ1v) is 10.3. The van der Waals surface area contributed by atoms with Gasteiger partial charge in [-0.1, -0.05) is 11.3 Å². The Labute approximate surface area is 187 Å². The van der Waals surface area contributed by atoms with Crippen molar-refractivity contribution in [3.63, 3.8) is 0 Å². The van der Waals surface area contributed by atoms with Gasteiger partial charge in [-0.25, -0.2) is 9.07 Å². The summed E-state index contributed by atoms with van der Waals surface area (Å²) in [6.45, 7) is 3.69. The number of hydrogen-bond acceptors (Lipinski definition) is 5. The second-order valence-electron chi connectivity index (χ2n) is 8.09. The lowest BCUT2D eigenvalue weighted by atomic mass is 10.1. The molecule has 1 aromatic carbocycles. The summed E-state index contributed by atoms with van der Waals surface area (Å²) >= 11 is 0. The number of halogens is 4. The van der Waals surface area contributed by atoms with Gasteiger partial charge in [0.25, 0.3) is 0 Å². The molecule has 2 aromatic heterocycles. The summed E-state index contributed by atoms with van der Waals surface area (Å²) in [6.07, 6.45) is -2.02. The number of fused-ring (bicyclic) bond motifs is 1. The van der Waals surface area contributed by atoms with Crippen LogP contribution in [-0.2, 0) is 30.4 Å². The van der Waals surface area contributed by atoms with Crippen LogP contribution in [0.25, 0.3) is 0 Å². The first kappa shape index (κ1) is 22.7. The Morgan fingerprint density at radius 2 is 1.88 bits per heavy atom. The van der Waals surface area contributed by atoms with Crippen molar-refractivity contribution in [2.45, 2.75) is 45.5 Å². The molecule has 11 heteroatoms. The van der Waals surface area contributed by atoms with Gasteiger partial charge < -0.3 is 10.2 Å². The molecule has 1 atom stereocenters. The van der Waals surface area contributed by atoms with Crippen molar-refractivity contribution < 1.29 is 22.4 Å². The lowest BCUT2D eigenvalue weighted by Gasteiger charge is -2.34. The zero-order chi connectivity index (χ0) is 23.9. The monoisotopic (exact) mass is 462 g/mol. The van der Waals surface area contributed by atoms with Gasteiger partial charge in [0.05, 0.1) is 34.9 Å². The Morgan fingerprint density at radius 1 is 1.15 bits per heavy atom. The van der Waals surface area contributed by atoms with Gasteiger partial charge in [-0.05, 0) is 50.5 Å². The predicted octanol–water partition coefficient (Wildman–Crippen LogP) is 3.75. The minimum Gasteiger partial charge on any atom is -0.361 e. The van der Waals surface area contributed by atoms with Crippen LogP contribution in [0, 0.1) is 12.7 Å². The molecule has 0 aliphatic carbocycles. The number of nitrogens with one attached hydrogen (secondary N) is 1. The fourth-order valence-electron chi connectivity index (χ4n) is 3.75. The third kappa shape index (κ3) is 4.67. The summed E-state index contributed by atoms with van der Waals surface area (Å²) in [5.41, 5.74) is 2.76. The molecular formula is C22H22F4N6O. The summed E-state index contributed by atoms with van der Waals surface area (Å²) in [5, 5.41) is 10.9. The molecule has 1 aliphatic heterocycles. The highest BCUT2D eigenvalue weighted by Gasteiger charge is 2.34. The number of carbonyl (C=O) groups excluding carboxylic acids is 1. The zero-order valence-electron chi connectivity index (χ0n) is 18.2. The molecule has 0 fully saturated rings. The molecule has 3 aromatic rings. The van der Waals surface area contributed by atoms with Gasteiger partial charge in [-0.2, -0.15) is 13.2 Å². The molecule has 0 spiro atoms. The Bertz CT molecular complexity index is 1210. The topological polar surface area (TPSA) is 75.9 Å². The number of pyridine rings is 1. The van der Waals surface area contributed by atoms with Crippen molar-refractivity contribution in [1.29, 1.82) is 0 Å². The maximum Gasteiger partial charge on any atom is 0.419 e. The lowest BCUT2D eigenvalue weighted by Crippen LogP contribution is -2.44. The van der Waals surface area contributed by atoms with E-state index in [9.17, 15) is 22.4 Å². The second-order valence-corrected chi connectivity index (χ2v) is 8.09. The van der Waals surface area contributed by atoms with Crippen molar-refractivity contribution in [3.05, 3.63) is 64.5 Å².